The van der Waals surface area contributed by atoms with Crippen LogP contribution in [-0.4, -0.2) is 0 Å². The van der Waals surface area contributed by atoms with Crippen LogP contribution < -0.4 is 10.4 Å². The zero-order chi connectivity index (χ0) is 19.2. The van der Waals surface area contributed by atoms with Crippen molar-refractivity contribution in [1.82, 2.24) is 0 Å². The number of benzene rings is 1. The summed E-state index contributed by atoms with van der Waals surface area (Å²) in [6, 6.07) is 7.29. The van der Waals surface area contributed by atoms with Gasteiger partial charge in [0.2, 0.25) is 0 Å². The summed E-state index contributed by atoms with van der Waals surface area (Å²) in [5, 5.41) is 2.98. The Kier molecular flexibility index (Phi) is 4.73. The molecule has 3 aliphatic rings. The maximum Gasteiger partial charge on any atom is 0.00903 e. The Morgan fingerprint density at radius 3 is 2.52 bits per heavy atom. The second-order valence-electron chi connectivity index (χ2n) is 10.3. The van der Waals surface area contributed by atoms with Gasteiger partial charge in [0.15, 0.2) is 0 Å². The Balaban J connectivity index is 1.80. The van der Waals surface area contributed by atoms with Crippen LogP contribution >= 0.6 is 0 Å². The Hall–Kier alpha value is -1.56. The van der Waals surface area contributed by atoms with Crippen LogP contribution in [0, 0.1) is 10.8 Å². The van der Waals surface area contributed by atoms with E-state index in [1.54, 1.807) is 22.3 Å². The van der Waals surface area contributed by atoms with E-state index < -0.39 is 0 Å². The van der Waals surface area contributed by atoms with E-state index in [4.69, 9.17) is 0 Å². The lowest BCUT2D eigenvalue weighted by Gasteiger charge is -2.31. The molecule has 0 heteroatoms. The predicted molar refractivity (Wildman–Crippen MR) is 118 cm³/mol. The second kappa shape index (κ2) is 6.80. The highest BCUT2D eigenvalue weighted by Crippen LogP contribution is 2.52. The van der Waals surface area contributed by atoms with E-state index in [0.29, 0.717) is 5.41 Å². The van der Waals surface area contributed by atoms with E-state index in [9.17, 15) is 0 Å². The van der Waals surface area contributed by atoms with Crippen LogP contribution in [0.5, 0.6) is 0 Å². The first-order valence-corrected chi connectivity index (χ1v) is 11.1. The monoisotopic (exact) mass is 360 g/mol. The van der Waals surface area contributed by atoms with Crippen LogP contribution in [0.15, 0.2) is 41.0 Å². The van der Waals surface area contributed by atoms with E-state index in [2.05, 4.69) is 65.0 Å². The van der Waals surface area contributed by atoms with Crippen molar-refractivity contribution in [1.29, 1.82) is 0 Å². The molecule has 27 heavy (non-hydrogen) atoms. The lowest BCUT2D eigenvalue weighted by molar-refractivity contribution is 0.420. The summed E-state index contributed by atoms with van der Waals surface area (Å²) in [5.41, 5.74) is 8.61. The average molecular weight is 361 g/mol. The van der Waals surface area contributed by atoms with Crippen LogP contribution in [0.4, 0.5) is 0 Å². The smallest absolute Gasteiger partial charge is 0.00903 e. The molecule has 3 aliphatic carbocycles. The molecule has 144 valence electrons. The van der Waals surface area contributed by atoms with Gasteiger partial charge in [-0.25, -0.2) is 0 Å². The van der Waals surface area contributed by atoms with Crippen molar-refractivity contribution in [2.75, 3.05) is 0 Å². The Morgan fingerprint density at radius 1 is 0.926 bits per heavy atom. The highest BCUT2D eigenvalue weighted by Gasteiger charge is 2.38. The van der Waals surface area contributed by atoms with Gasteiger partial charge in [0, 0.05) is 5.41 Å². The van der Waals surface area contributed by atoms with Gasteiger partial charge in [-0.3, -0.25) is 0 Å². The van der Waals surface area contributed by atoms with Crippen LogP contribution in [0.2, 0.25) is 0 Å². The molecule has 1 aromatic rings. The molecule has 0 nitrogen and oxygen atoms in total. The Labute approximate surface area is 165 Å². The Bertz CT molecular complexity index is 931. The molecular formula is C27H36. The molecule has 0 aromatic heterocycles. The average Bonchev–Trinajstić information content (AvgIpc) is 2.97. The van der Waals surface area contributed by atoms with Crippen molar-refractivity contribution >= 4 is 11.6 Å². The van der Waals surface area contributed by atoms with Crippen molar-refractivity contribution < 1.29 is 0 Å². The van der Waals surface area contributed by atoms with Crippen molar-refractivity contribution in [2.24, 2.45) is 10.8 Å². The maximum atomic E-state index is 2.58. The number of rotatable bonds is 5. The number of fused-ring (bicyclic) bond motifs is 3. The minimum atomic E-state index is 0.150. The molecule has 0 aliphatic heterocycles. The first kappa shape index (κ1) is 18.8. The fourth-order valence-electron chi connectivity index (χ4n) is 5.51. The molecular weight excluding hydrogens is 324 g/mol. The van der Waals surface area contributed by atoms with Gasteiger partial charge in [-0.15, -0.1) is 0 Å². The summed E-state index contributed by atoms with van der Waals surface area (Å²) in [6.45, 7) is 11.9. The summed E-state index contributed by atoms with van der Waals surface area (Å²) in [7, 11) is 0. The minimum Gasteiger partial charge on any atom is -0.0750 e. The first-order chi connectivity index (χ1) is 12.8. The van der Waals surface area contributed by atoms with Gasteiger partial charge in [-0.2, -0.15) is 0 Å². The summed E-state index contributed by atoms with van der Waals surface area (Å²) in [4.78, 5) is 0. The molecule has 0 N–H and O–H groups in total. The molecule has 0 amide bonds. The molecule has 0 spiro atoms. The van der Waals surface area contributed by atoms with Gasteiger partial charge in [-0.1, -0.05) is 84.2 Å². The third kappa shape index (κ3) is 3.48. The third-order valence-corrected chi connectivity index (χ3v) is 6.87. The van der Waals surface area contributed by atoms with E-state index in [1.807, 2.05) is 0 Å². The zero-order valence-corrected chi connectivity index (χ0v) is 18.0. The predicted octanol–water partition coefficient (Wildman–Crippen LogP) is 6.23. The van der Waals surface area contributed by atoms with E-state index in [0.717, 1.165) is 6.42 Å². The number of hydrogen-bond acceptors (Lipinski definition) is 0. The largest absolute Gasteiger partial charge is 0.0750 e. The molecule has 0 heterocycles. The normalized spacial score (nSPS) is 22.0. The lowest BCUT2D eigenvalue weighted by atomic mass is 9.73. The molecule has 0 saturated carbocycles. The van der Waals surface area contributed by atoms with Crippen LogP contribution in [0.25, 0.3) is 11.6 Å². The molecule has 0 saturated heterocycles. The Morgan fingerprint density at radius 2 is 1.74 bits per heavy atom. The lowest BCUT2D eigenvalue weighted by Crippen LogP contribution is -2.36. The highest BCUT2D eigenvalue weighted by atomic mass is 14.4. The van der Waals surface area contributed by atoms with Crippen molar-refractivity contribution in [2.45, 2.75) is 86.0 Å². The molecule has 0 atom stereocenters. The molecule has 0 unspecified atom stereocenters. The van der Waals surface area contributed by atoms with Gasteiger partial charge in [0.05, 0.1) is 0 Å². The van der Waals surface area contributed by atoms with Crippen LogP contribution in [0.3, 0.4) is 0 Å². The quantitative estimate of drug-likeness (QED) is 0.546. The highest BCUT2D eigenvalue weighted by molar-refractivity contribution is 5.82. The fraction of sp³-hybridized carbons (Fsp3) is 0.556. The first-order valence-electron chi connectivity index (χ1n) is 11.1. The molecule has 0 bridgehead atoms. The second-order valence-corrected chi connectivity index (χ2v) is 10.3. The maximum absolute atomic E-state index is 2.58. The summed E-state index contributed by atoms with van der Waals surface area (Å²) < 4.78 is 0. The number of hydrogen-bond donors (Lipinski definition) is 0. The summed E-state index contributed by atoms with van der Waals surface area (Å²) in [6.07, 6.45) is 15.4. The zero-order valence-electron chi connectivity index (χ0n) is 18.0. The van der Waals surface area contributed by atoms with Crippen molar-refractivity contribution in [3.8, 4) is 0 Å². The standard InChI is InChI=1S/C27H36/c1-6-7-8-9-10-19-11-12-20-18-27(4,5)25-22-13-14-26(2,3)17-21(22)16-24(25)23(20)15-19/h11-12,15,17-18H,6-10,13-14,16H2,1-5H3. The van der Waals surface area contributed by atoms with Gasteiger partial charge in [-0.05, 0) is 75.8 Å². The van der Waals surface area contributed by atoms with E-state index >= 15 is 0 Å². The molecule has 0 radical (unpaired) electrons. The third-order valence-electron chi connectivity index (χ3n) is 6.87. The SMILES string of the molecule is CCCCCCc1ccc2c(c1)=C1CC3=CC(C)(C)CCC3=C1C(C)(C)C=2. The van der Waals surface area contributed by atoms with Crippen molar-refractivity contribution in [3.05, 3.63) is 57.0 Å². The fourth-order valence-corrected chi connectivity index (χ4v) is 5.51. The number of aryl methyl sites for hydroxylation is 1. The topological polar surface area (TPSA) is 0 Å². The van der Waals surface area contributed by atoms with Gasteiger partial charge < -0.3 is 0 Å². The molecule has 4 rings (SSSR count). The van der Waals surface area contributed by atoms with Crippen molar-refractivity contribution in [3.63, 3.8) is 0 Å². The van der Waals surface area contributed by atoms with E-state index in [-0.39, 0.29) is 5.41 Å². The molecule has 1 aromatic carbocycles. The van der Waals surface area contributed by atoms with Gasteiger partial charge >= 0.3 is 0 Å². The number of allylic oxidation sites excluding steroid dienone is 4. The van der Waals surface area contributed by atoms with Gasteiger partial charge in [0.1, 0.15) is 0 Å². The summed E-state index contributed by atoms with van der Waals surface area (Å²) >= 11 is 0. The molecule has 0 fully saturated rings. The minimum absolute atomic E-state index is 0.150. The van der Waals surface area contributed by atoms with Gasteiger partial charge in [0.25, 0.3) is 0 Å². The van der Waals surface area contributed by atoms with E-state index in [1.165, 1.54) is 60.9 Å². The summed E-state index contributed by atoms with van der Waals surface area (Å²) in [5.74, 6) is 0. The number of unbranched alkanes of at least 4 members (excludes halogenated alkanes) is 3. The van der Waals surface area contributed by atoms with Crippen LogP contribution in [-0.2, 0) is 6.42 Å². The van der Waals surface area contributed by atoms with Crippen LogP contribution in [0.1, 0.15) is 85.1 Å².